The van der Waals surface area contributed by atoms with Crippen LogP contribution in [0.5, 0.6) is 0 Å². The highest BCUT2D eigenvalue weighted by molar-refractivity contribution is 6.38. The van der Waals surface area contributed by atoms with E-state index in [2.05, 4.69) is 4.98 Å². The minimum absolute atomic E-state index is 0.0598. The molecule has 0 saturated carbocycles. The number of H-pyrrole nitrogens is 1. The van der Waals surface area contributed by atoms with Gasteiger partial charge in [0.05, 0.1) is 5.02 Å². The fourth-order valence-corrected chi connectivity index (χ4v) is 3.21. The fourth-order valence-electron chi connectivity index (χ4n) is 2.92. The first kappa shape index (κ1) is 16.4. The van der Waals surface area contributed by atoms with Crippen LogP contribution in [0.25, 0.3) is 21.9 Å². The SMILES string of the molecule is Cc1ccc2c(COC(=O)c3[nH]c4ccccc4c3Cl)cc(=O)oc2c1. The lowest BCUT2D eigenvalue weighted by Gasteiger charge is -2.07. The van der Waals surface area contributed by atoms with Crippen molar-refractivity contribution in [1.82, 2.24) is 4.98 Å². The molecule has 0 radical (unpaired) electrons. The summed E-state index contributed by atoms with van der Waals surface area (Å²) in [7, 11) is 0. The lowest BCUT2D eigenvalue weighted by atomic mass is 10.1. The van der Waals surface area contributed by atoms with Gasteiger partial charge in [0.25, 0.3) is 0 Å². The van der Waals surface area contributed by atoms with Crippen LogP contribution in [0.1, 0.15) is 21.6 Å². The quantitative estimate of drug-likeness (QED) is 0.424. The van der Waals surface area contributed by atoms with Crippen LogP contribution in [-0.4, -0.2) is 11.0 Å². The minimum Gasteiger partial charge on any atom is -0.456 e. The molecule has 130 valence electrons. The molecule has 0 spiro atoms. The molecule has 0 bridgehead atoms. The van der Waals surface area contributed by atoms with Crippen molar-refractivity contribution in [2.75, 3.05) is 0 Å². The number of hydrogen-bond acceptors (Lipinski definition) is 4. The molecule has 0 aliphatic carbocycles. The van der Waals surface area contributed by atoms with E-state index >= 15 is 0 Å². The molecule has 0 aliphatic heterocycles. The number of rotatable bonds is 3. The molecule has 26 heavy (non-hydrogen) atoms. The number of fused-ring (bicyclic) bond motifs is 2. The zero-order valence-corrected chi connectivity index (χ0v) is 14.6. The third-order valence-electron chi connectivity index (χ3n) is 4.19. The Balaban J connectivity index is 1.64. The standard InChI is InChI=1S/C20H14ClNO4/c1-11-6-7-13-12(9-17(23)26-16(13)8-11)10-25-20(24)19-18(21)14-4-2-3-5-15(14)22-19/h2-9,22H,10H2,1H3. The average Bonchev–Trinajstić information content (AvgIpc) is 2.96. The van der Waals surface area contributed by atoms with Gasteiger partial charge in [0, 0.05) is 27.9 Å². The van der Waals surface area contributed by atoms with Crippen molar-refractivity contribution in [3.8, 4) is 0 Å². The molecule has 1 N–H and O–H groups in total. The molecule has 0 fully saturated rings. The van der Waals surface area contributed by atoms with Gasteiger partial charge in [-0.1, -0.05) is 41.9 Å². The van der Waals surface area contributed by atoms with Crippen molar-refractivity contribution in [3.63, 3.8) is 0 Å². The Morgan fingerprint density at radius 3 is 2.77 bits per heavy atom. The van der Waals surface area contributed by atoms with E-state index < -0.39 is 11.6 Å². The average molecular weight is 368 g/mol. The molecule has 0 unspecified atom stereocenters. The maximum Gasteiger partial charge on any atom is 0.356 e. The smallest absolute Gasteiger partial charge is 0.356 e. The number of carbonyl (C=O) groups excluding carboxylic acids is 1. The summed E-state index contributed by atoms with van der Waals surface area (Å²) in [6, 6.07) is 14.2. The van der Waals surface area contributed by atoms with Crippen LogP contribution in [0.15, 0.2) is 57.7 Å². The fraction of sp³-hybridized carbons (Fsp3) is 0.100. The summed E-state index contributed by atoms with van der Waals surface area (Å²) >= 11 is 6.27. The van der Waals surface area contributed by atoms with Crippen molar-refractivity contribution in [1.29, 1.82) is 0 Å². The van der Waals surface area contributed by atoms with Gasteiger partial charge < -0.3 is 14.1 Å². The van der Waals surface area contributed by atoms with Crippen LogP contribution in [0, 0.1) is 6.92 Å². The van der Waals surface area contributed by atoms with Crippen LogP contribution in [0.3, 0.4) is 0 Å². The number of hydrogen-bond donors (Lipinski definition) is 1. The van der Waals surface area contributed by atoms with Crippen molar-refractivity contribution in [3.05, 3.63) is 80.8 Å². The van der Waals surface area contributed by atoms with Gasteiger partial charge in [-0.05, 0) is 24.6 Å². The number of aromatic amines is 1. The van der Waals surface area contributed by atoms with Gasteiger partial charge in [0.2, 0.25) is 0 Å². The van der Waals surface area contributed by atoms with E-state index in [0.29, 0.717) is 16.2 Å². The molecule has 0 amide bonds. The Bertz CT molecular complexity index is 1210. The second-order valence-electron chi connectivity index (χ2n) is 6.03. The molecule has 0 saturated heterocycles. The molecular weight excluding hydrogens is 354 g/mol. The molecular formula is C20H14ClNO4. The summed E-state index contributed by atoms with van der Waals surface area (Å²) in [6.07, 6.45) is 0. The highest BCUT2D eigenvalue weighted by atomic mass is 35.5. The van der Waals surface area contributed by atoms with Crippen molar-refractivity contribution < 1.29 is 13.9 Å². The van der Waals surface area contributed by atoms with Crippen molar-refractivity contribution in [2.45, 2.75) is 13.5 Å². The third-order valence-corrected chi connectivity index (χ3v) is 4.58. The monoisotopic (exact) mass is 367 g/mol. The second-order valence-corrected chi connectivity index (χ2v) is 6.40. The predicted octanol–water partition coefficient (Wildman–Crippen LogP) is 4.59. The summed E-state index contributed by atoms with van der Waals surface area (Å²) in [6.45, 7) is 1.85. The highest BCUT2D eigenvalue weighted by Crippen LogP contribution is 2.28. The molecule has 0 atom stereocenters. The van der Waals surface area contributed by atoms with Gasteiger partial charge in [-0.15, -0.1) is 0 Å². The van der Waals surface area contributed by atoms with E-state index in [-0.39, 0.29) is 12.3 Å². The number of carbonyl (C=O) groups is 1. The van der Waals surface area contributed by atoms with Crippen LogP contribution in [0.4, 0.5) is 0 Å². The van der Waals surface area contributed by atoms with E-state index in [4.69, 9.17) is 20.8 Å². The van der Waals surface area contributed by atoms with Crippen LogP contribution in [-0.2, 0) is 11.3 Å². The maximum absolute atomic E-state index is 12.4. The first-order valence-electron chi connectivity index (χ1n) is 7.99. The zero-order chi connectivity index (χ0) is 18.3. The molecule has 6 heteroatoms. The molecule has 2 aromatic heterocycles. The van der Waals surface area contributed by atoms with Crippen molar-refractivity contribution >= 4 is 39.4 Å². The van der Waals surface area contributed by atoms with E-state index in [1.807, 2.05) is 43.3 Å². The molecule has 2 heterocycles. The Kier molecular flexibility index (Phi) is 4.01. The van der Waals surface area contributed by atoms with E-state index in [9.17, 15) is 9.59 Å². The van der Waals surface area contributed by atoms with Crippen LogP contribution >= 0.6 is 11.6 Å². The topological polar surface area (TPSA) is 72.3 Å². The minimum atomic E-state index is -0.584. The molecule has 4 aromatic rings. The predicted molar refractivity (Wildman–Crippen MR) is 99.6 cm³/mol. The molecule has 4 rings (SSSR count). The largest absolute Gasteiger partial charge is 0.456 e. The van der Waals surface area contributed by atoms with Gasteiger partial charge in [-0.3, -0.25) is 0 Å². The van der Waals surface area contributed by atoms with Gasteiger partial charge in [0.15, 0.2) is 0 Å². The van der Waals surface area contributed by atoms with Gasteiger partial charge in [-0.25, -0.2) is 9.59 Å². The first-order chi connectivity index (χ1) is 12.5. The lowest BCUT2D eigenvalue weighted by Crippen LogP contribution is -2.08. The summed E-state index contributed by atoms with van der Waals surface area (Å²) < 4.78 is 10.6. The number of halogens is 1. The summed E-state index contributed by atoms with van der Waals surface area (Å²) in [4.78, 5) is 27.2. The first-order valence-corrected chi connectivity index (χ1v) is 8.37. The Labute approximate surface area is 153 Å². The Morgan fingerprint density at radius 2 is 1.96 bits per heavy atom. The van der Waals surface area contributed by atoms with Crippen molar-refractivity contribution in [2.24, 2.45) is 0 Å². The lowest BCUT2D eigenvalue weighted by molar-refractivity contribution is 0.0468. The van der Waals surface area contributed by atoms with Gasteiger partial charge in [0.1, 0.15) is 17.9 Å². The summed E-state index contributed by atoms with van der Waals surface area (Å²) in [5.74, 6) is -0.584. The molecule has 5 nitrogen and oxygen atoms in total. The number of aromatic nitrogens is 1. The number of esters is 1. The van der Waals surface area contributed by atoms with Gasteiger partial charge >= 0.3 is 11.6 Å². The number of aryl methyl sites for hydroxylation is 1. The third kappa shape index (κ3) is 2.86. The van der Waals surface area contributed by atoms with Crippen LogP contribution in [0.2, 0.25) is 5.02 Å². The van der Waals surface area contributed by atoms with Gasteiger partial charge in [-0.2, -0.15) is 0 Å². The number of ether oxygens (including phenoxy) is 1. The maximum atomic E-state index is 12.4. The molecule has 0 aliphatic rings. The summed E-state index contributed by atoms with van der Waals surface area (Å²) in [5, 5.41) is 1.80. The zero-order valence-electron chi connectivity index (χ0n) is 13.8. The van der Waals surface area contributed by atoms with E-state index in [1.165, 1.54) is 6.07 Å². The normalized spacial score (nSPS) is 11.2. The summed E-state index contributed by atoms with van der Waals surface area (Å²) in [5.41, 5.74) is 2.48. The number of benzene rings is 2. The van der Waals surface area contributed by atoms with Crippen LogP contribution < -0.4 is 5.63 Å². The van der Waals surface area contributed by atoms with E-state index in [0.717, 1.165) is 21.9 Å². The Hall–Kier alpha value is -3.05. The number of para-hydroxylation sites is 1. The second kappa shape index (κ2) is 6.35. The highest BCUT2D eigenvalue weighted by Gasteiger charge is 2.18. The number of nitrogens with one attached hydrogen (secondary N) is 1. The molecule has 2 aromatic carbocycles. The van der Waals surface area contributed by atoms with E-state index in [1.54, 1.807) is 6.07 Å². The Morgan fingerprint density at radius 1 is 1.15 bits per heavy atom.